The SMILES string of the molecule is Cn1ccs/c1=N\N. The van der Waals surface area contributed by atoms with E-state index in [0.717, 1.165) is 4.80 Å². The standard InChI is InChI=1S/C4H7N3S/c1-7-2-3-8-4(7)6-5/h2-3H,5H2,1H3/b6-4-. The van der Waals surface area contributed by atoms with Crippen molar-refractivity contribution in [2.45, 2.75) is 0 Å². The smallest absolute Gasteiger partial charge is 0.207 e. The molecular weight excluding hydrogens is 122 g/mol. The van der Waals surface area contributed by atoms with Gasteiger partial charge < -0.3 is 10.4 Å². The maximum Gasteiger partial charge on any atom is 0.207 e. The van der Waals surface area contributed by atoms with Crippen molar-refractivity contribution >= 4 is 11.3 Å². The van der Waals surface area contributed by atoms with Crippen molar-refractivity contribution in [3.05, 3.63) is 16.4 Å². The predicted octanol–water partition coefficient (Wildman–Crippen LogP) is -0.139. The van der Waals surface area contributed by atoms with Gasteiger partial charge in [-0.2, -0.15) is 5.10 Å². The summed E-state index contributed by atoms with van der Waals surface area (Å²) in [6.45, 7) is 0. The Morgan fingerprint density at radius 1 is 1.88 bits per heavy atom. The predicted molar refractivity (Wildman–Crippen MR) is 33.0 cm³/mol. The maximum absolute atomic E-state index is 5.01. The van der Waals surface area contributed by atoms with E-state index in [4.69, 9.17) is 5.84 Å². The number of aromatic nitrogens is 1. The number of nitrogens with two attached hydrogens (primary N) is 1. The van der Waals surface area contributed by atoms with Crippen LogP contribution in [0.4, 0.5) is 0 Å². The van der Waals surface area contributed by atoms with E-state index < -0.39 is 0 Å². The van der Waals surface area contributed by atoms with Crippen LogP contribution >= 0.6 is 11.3 Å². The number of nitrogens with zero attached hydrogens (tertiary/aromatic N) is 2. The zero-order valence-electron chi connectivity index (χ0n) is 4.53. The van der Waals surface area contributed by atoms with E-state index in [-0.39, 0.29) is 0 Å². The average molecular weight is 129 g/mol. The molecule has 0 radical (unpaired) electrons. The number of aryl methyl sites for hydroxylation is 1. The molecule has 0 aliphatic carbocycles. The molecule has 0 saturated heterocycles. The first-order valence-corrected chi connectivity index (χ1v) is 3.06. The van der Waals surface area contributed by atoms with Gasteiger partial charge in [-0.1, -0.05) is 0 Å². The molecule has 0 saturated carbocycles. The van der Waals surface area contributed by atoms with Crippen molar-refractivity contribution in [2.24, 2.45) is 18.0 Å². The highest BCUT2D eigenvalue weighted by molar-refractivity contribution is 7.07. The van der Waals surface area contributed by atoms with Gasteiger partial charge in [0.1, 0.15) is 0 Å². The first kappa shape index (κ1) is 5.37. The monoisotopic (exact) mass is 129 g/mol. The summed E-state index contributed by atoms with van der Waals surface area (Å²) in [6, 6.07) is 0. The number of hydrogen-bond donors (Lipinski definition) is 1. The summed E-state index contributed by atoms with van der Waals surface area (Å²) < 4.78 is 1.87. The molecule has 8 heavy (non-hydrogen) atoms. The highest BCUT2D eigenvalue weighted by Gasteiger charge is 1.82. The van der Waals surface area contributed by atoms with Crippen molar-refractivity contribution in [3.8, 4) is 0 Å². The van der Waals surface area contributed by atoms with Gasteiger partial charge in [0.25, 0.3) is 0 Å². The second-order valence-electron chi connectivity index (χ2n) is 1.43. The van der Waals surface area contributed by atoms with Crippen LogP contribution < -0.4 is 10.6 Å². The lowest BCUT2D eigenvalue weighted by Gasteiger charge is -1.82. The first-order chi connectivity index (χ1) is 3.84. The summed E-state index contributed by atoms with van der Waals surface area (Å²) in [6.07, 6.45) is 1.91. The Labute approximate surface area is 51.1 Å². The van der Waals surface area contributed by atoms with Gasteiger partial charge in [-0.3, -0.25) is 0 Å². The lowest BCUT2D eigenvalue weighted by molar-refractivity contribution is 0.854. The molecule has 44 valence electrons. The summed E-state index contributed by atoms with van der Waals surface area (Å²) >= 11 is 1.52. The molecule has 0 unspecified atom stereocenters. The van der Waals surface area contributed by atoms with E-state index in [1.165, 1.54) is 11.3 Å². The largest absolute Gasteiger partial charge is 0.325 e. The number of hydrogen-bond acceptors (Lipinski definition) is 3. The second kappa shape index (κ2) is 2.00. The van der Waals surface area contributed by atoms with Gasteiger partial charge in [0.2, 0.25) is 4.80 Å². The van der Waals surface area contributed by atoms with Gasteiger partial charge in [-0.05, 0) is 0 Å². The zero-order valence-corrected chi connectivity index (χ0v) is 5.35. The molecule has 0 atom stereocenters. The fourth-order valence-corrected chi connectivity index (χ4v) is 1.10. The molecule has 0 aliphatic rings. The summed E-state index contributed by atoms with van der Waals surface area (Å²) in [7, 11) is 1.90. The van der Waals surface area contributed by atoms with Crippen LogP contribution in [0.15, 0.2) is 16.7 Å². The Morgan fingerprint density at radius 3 is 2.88 bits per heavy atom. The van der Waals surface area contributed by atoms with Crippen LogP contribution in [0.1, 0.15) is 0 Å². The van der Waals surface area contributed by atoms with Crippen molar-refractivity contribution in [1.29, 1.82) is 0 Å². The molecule has 3 nitrogen and oxygen atoms in total. The Morgan fingerprint density at radius 2 is 2.62 bits per heavy atom. The lowest BCUT2D eigenvalue weighted by Crippen LogP contribution is -2.11. The average Bonchev–Trinajstić information content (AvgIpc) is 2.14. The molecule has 0 amide bonds. The molecule has 4 heteroatoms. The molecule has 0 aromatic carbocycles. The molecule has 2 N–H and O–H groups in total. The zero-order chi connectivity index (χ0) is 5.98. The minimum absolute atomic E-state index is 0.838. The topological polar surface area (TPSA) is 43.3 Å². The van der Waals surface area contributed by atoms with Crippen LogP contribution in [0.2, 0.25) is 0 Å². The third-order valence-electron chi connectivity index (χ3n) is 0.870. The van der Waals surface area contributed by atoms with E-state index in [2.05, 4.69) is 5.10 Å². The number of rotatable bonds is 0. The molecule has 1 aromatic rings. The molecule has 1 aromatic heterocycles. The minimum atomic E-state index is 0.838. The summed E-state index contributed by atoms with van der Waals surface area (Å²) in [5, 5.41) is 5.45. The van der Waals surface area contributed by atoms with E-state index in [1.807, 2.05) is 23.2 Å². The Bertz CT molecular complexity index is 221. The summed E-state index contributed by atoms with van der Waals surface area (Å²) in [5.74, 6) is 5.01. The molecule has 0 spiro atoms. The molecule has 1 heterocycles. The minimum Gasteiger partial charge on any atom is -0.325 e. The quantitative estimate of drug-likeness (QED) is 0.384. The number of thiazole rings is 1. The Hall–Kier alpha value is -0.770. The van der Waals surface area contributed by atoms with Crippen molar-refractivity contribution in [2.75, 3.05) is 0 Å². The van der Waals surface area contributed by atoms with Crippen LogP contribution in [-0.2, 0) is 7.05 Å². The van der Waals surface area contributed by atoms with Gasteiger partial charge in [0.05, 0.1) is 0 Å². The highest BCUT2D eigenvalue weighted by atomic mass is 32.1. The van der Waals surface area contributed by atoms with E-state index in [9.17, 15) is 0 Å². The van der Waals surface area contributed by atoms with Gasteiger partial charge in [0, 0.05) is 18.6 Å². The van der Waals surface area contributed by atoms with Crippen LogP contribution in [0.3, 0.4) is 0 Å². The van der Waals surface area contributed by atoms with Crippen molar-refractivity contribution < 1.29 is 0 Å². The Kier molecular flexibility index (Phi) is 1.34. The Balaban J connectivity index is 3.31. The molecule has 0 fully saturated rings. The first-order valence-electron chi connectivity index (χ1n) is 2.18. The molecule has 1 rings (SSSR count). The molecular formula is C4H7N3S. The molecule has 0 aliphatic heterocycles. The normalized spacial score (nSPS) is 12.4. The highest BCUT2D eigenvalue weighted by Crippen LogP contribution is 1.83. The van der Waals surface area contributed by atoms with E-state index in [1.54, 1.807) is 0 Å². The van der Waals surface area contributed by atoms with Gasteiger partial charge in [-0.15, -0.1) is 11.3 Å². The second-order valence-corrected chi connectivity index (χ2v) is 2.30. The van der Waals surface area contributed by atoms with Gasteiger partial charge in [-0.25, -0.2) is 0 Å². The fraction of sp³-hybridized carbons (Fsp3) is 0.250. The fourth-order valence-electron chi connectivity index (χ4n) is 0.451. The third kappa shape index (κ3) is 0.742. The van der Waals surface area contributed by atoms with Crippen LogP contribution in [0.5, 0.6) is 0 Å². The van der Waals surface area contributed by atoms with Gasteiger partial charge in [0.15, 0.2) is 0 Å². The molecule has 0 bridgehead atoms. The van der Waals surface area contributed by atoms with Crippen LogP contribution in [-0.4, -0.2) is 4.57 Å². The maximum atomic E-state index is 5.01. The summed E-state index contributed by atoms with van der Waals surface area (Å²) in [5.41, 5.74) is 0. The van der Waals surface area contributed by atoms with E-state index in [0.29, 0.717) is 0 Å². The lowest BCUT2D eigenvalue weighted by atomic mass is 10.9. The van der Waals surface area contributed by atoms with Crippen LogP contribution in [0.25, 0.3) is 0 Å². The van der Waals surface area contributed by atoms with Crippen LogP contribution in [0, 0.1) is 0 Å². The van der Waals surface area contributed by atoms with Crippen molar-refractivity contribution in [3.63, 3.8) is 0 Å². The third-order valence-corrected chi connectivity index (χ3v) is 1.73. The van der Waals surface area contributed by atoms with E-state index >= 15 is 0 Å². The van der Waals surface area contributed by atoms with Gasteiger partial charge >= 0.3 is 0 Å². The summed E-state index contributed by atoms with van der Waals surface area (Å²) in [4.78, 5) is 0.838. The van der Waals surface area contributed by atoms with Crippen molar-refractivity contribution in [1.82, 2.24) is 4.57 Å².